The molecule has 2 aromatic carbocycles. The molecule has 0 spiro atoms. The van der Waals surface area contributed by atoms with Crippen molar-refractivity contribution in [2.45, 2.75) is 0 Å². The van der Waals surface area contributed by atoms with Crippen molar-refractivity contribution in [2.75, 3.05) is 11.5 Å². The topological polar surface area (TPSA) is 103 Å². The van der Waals surface area contributed by atoms with Crippen molar-refractivity contribution in [2.24, 2.45) is 10.2 Å². The Morgan fingerprint density at radius 1 is 0.708 bits per heavy atom. The zero-order valence-corrected chi connectivity index (χ0v) is 13.8. The van der Waals surface area contributed by atoms with Gasteiger partial charge in [-0.1, -0.05) is 59.6 Å². The summed E-state index contributed by atoms with van der Waals surface area (Å²) in [6, 6.07) is 14.4. The maximum absolute atomic E-state index is 6.05. The van der Waals surface area contributed by atoms with Crippen LogP contribution >= 0.6 is 23.2 Å². The molecule has 0 aliphatic carbocycles. The Morgan fingerprint density at radius 3 is 1.83 bits per heavy atom. The third-order valence-corrected chi connectivity index (χ3v) is 3.77. The summed E-state index contributed by atoms with van der Waals surface area (Å²) in [7, 11) is 0. The lowest BCUT2D eigenvalue weighted by Gasteiger charge is -2.06. The summed E-state index contributed by atoms with van der Waals surface area (Å²) in [5, 5.41) is 8.77. The lowest BCUT2D eigenvalue weighted by Crippen LogP contribution is -2.01. The number of rotatable bonds is 3. The highest BCUT2D eigenvalue weighted by molar-refractivity contribution is 6.38. The highest BCUT2D eigenvalue weighted by Crippen LogP contribution is 2.36. The van der Waals surface area contributed by atoms with Gasteiger partial charge in [-0.05, 0) is 12.1 Å². The standard InChI is InChI=1S/C16H12Cl2N6/c17-10-7-4-8-11(18)12(10)23-24-13-14(19)21-16(22-15(13)20)9-5-2-1-3-6-9/h1-8H,(H4,19,20,21,22). The summed E-state index contributed by atoms with van der Waals surface area (Å²) in [6.07, 6.45) is 0. The summed E-state index contributed by atoms with van der Waals surface area (Å²) in [4.78, 5) is 8.46. The molecule has 120 valence electrons. The predicted octanol–water partition coefficient (Wildman–Crippen LogP) is 5.03. The summed E-state index contributed by atoms with van der Waals surface area (Å²) >= 11 is 12.1. The van der Waals surface area contributed by atoms with E-state index >= 15 is 0 Å². The second-order valence-electron chi connectivity index (χ2n) is 4.80. The van der Waals surface area contributed by atoms with E-state index in [9.17, 15) is 0 Å². The fraction of sp³-hybridized carbons (Fsp3) is 0. The molecule has 0 amide bonds. The molecule has 3 rings (SSSR count). The maximum atomic E-state index is 6.05. The number of nitrogen functional groups attached to an aromatic ring is 2. The van der Waals surface area contributed by atoms with Gasteiger partial charge in [-0.15, -0.1) is 10.2 Å². The number of hydrogen-bond donors (Lipinski definition) is 2. The molecule has 1 aromatic heterocycles. The Hall–Kier alpha value is -2.70. The van der Waals surface area contributed by atoms with E-state index in [-0.39, 0.29) is 17.3 Å². The number of benzene rings is 2. The van der Waals surface area contributed by atoms with Gasteiger partial charge < -0.3 is 11.5 Å². The molecule has 0 saturated heterocycles. The number of nitrogens with two attached hydrogens (primary N) is 2. The molecule has 0 unspecified atom stereocenters. The molecule has 0 radical (unpaired) electrons. The van der Waals surface area contributed by atoms with Gasteiger partial charge in [0.25, 0.3) is 0 Å². The van der Waals surface area contributed by atoms with Crippen molar-refractivity contribution in [1.29, 1.82) is 0 Å². The van der Waals surface area contributed by atoms with Crippen LogP contribution in [-0.4, -0.2) is 9.97 Å². The van der Waals surface area contributed by atoms with Gasteiger partial charge in [0.2, 0.25) is 0 Å². The minimum Gasteiger partial charge on any atom is -0.382 e. The van der Waals surface area contributed by atoms with Gasteiger partial charge in [-0.2, -0.15) is 0 Å². The zero-order chi connectivity index (χ0) is 17.1. The summed E-state index contributed by atoms with van der Waals surface area (Å²) in [5.41, 5.74) is 13.2. The smallest absolute Gasteiger partial charge is 0.170 e. The van der Waals surface area contributed by atoms with Crippen molar-refractivity contribution in [3.05, 3.63) is 58.6 Å². The van der Waals surface area contributed by atoms with Crippen molar-refractivity contribution >= 4 is 46.2 Å². The Labute approximate surface area is 148 Å². The van der Waals surface area contributed by atoms with Gasteiger partial charge >= 0.3 is 0 Å². The number of anilines is 2. The molecular formula is C16H12Cl2N6. The minimum absolute atomic E-state index is 0.119. The maximum Gasteiger partial charge on any atom is 0.170 e. The average Bonchev–Trinajstić information content (AvgIpc) is 2.57. The summed E-state index contributed by atoms with van der Waals surface area (Å²) in [6.45, 7) is 0. The predicted molar refractivity (Wildman–Crippen MR) is 96.9 cm³/mol. The molecule has 1 heterocycles. The van der Waals surface area contributed by atoms with E-state index in [0.29, 0.717) is 21.6 Å². The second kappa shape index (κ2) is 6.82. The first-order valence-electron chi connectivity index (χ1n) is 6.90. The van der Waals surface area contributed by atoms with Crippen LogP contribution in [0.2, 0.25) is 10.0 Å². The molecule has 4 N–H and O–H groups in total. The van der Waals surface area contributed by atoms with E-state index in [1.807, 2.05) is 30.3 Å². The number of hydrogen-bond acceptors (Lipinski definition) is 6. The van der Waals surface area contributed by atoms with E-state index < -0.39 is 0 Å². The SMILES string of the molecule is Nc1nc(-c2ccccc2)nc(N)c1N=Nc1c(Cl)cccc1Cl. The van der Waals surface area contributed by atoms with E-state index in [1.54, 1.807) is 18.2 Å². The average molecular weight is 359 g/mol. The zero-order valence-electron chi connectivity index (χ0n) is 12.3. The Balaban J connectivity index is 1.99. The molecule has 24 heavy (non-hydrogen) atoms. The quantitative estimate of drug-likeness (QED) is 0.640. The van der Waals surface area contributed by atoms with Crippen LogP contribution in [0.25, 0.3) is 11.4 Å². The number of azo groups is 1. The first-order chi connectivity index (χ1) is 11.6. The van der Waals surface area contributed by atoms with Crippen LogP contribution in [0.5, 0.6) is 0 Å². The second-order valence-corrected chi connectivity index (χ2v) is 5.62. The highest BCUT2D eigenvalue weighted by atomic mass is 35.5. The summed E-state index contributed by atoms with van der Waals surface area (Å²) in [5.74, 6) is 0.655. The molecule has 0 fully saturated rings. The molecule has 0 aliphatic rings. The van der Waals surface area contributed by atoms with Crippen LogP contribution < -0.4 is 11.5 Å². The molecule has 0 aliphatic heterocycles. The third-order valence-electron chi connectivity index (χ3n) is 3.16. The van der Waals surface area contributed by atoms with E-state index in [4.69, 9.17) is 34.7 Å². The highest BCUT2D eigenvalue weighted by Gasteiger charge is 2.12. The van der Waals surface area contributed by atoms with Gasteiger partial charge in [0.15, 0.2) is 23.1 Å². The minimum atomic E-state index is 0.119. The molecule has 8 heteroatoms. The number of aromatic nitrogens is 2. The Bertz CT molecular complexity index is 868. The van der Waals surface area contributed by atoms with Gasteiger partial charge in [0.05, 0.1) is 10.0 Å². The molecule has 0 bridgehead atoms. The van der Waals surface area contributed by atoms with Crippen molar-refractivity contribution in [1.82, 2.24) is 9.97 Å². The van der Waals surface area contributed by atoms with E-state index in [1.165, 1.54) is 0 Å². The van der Waals surface area contributed by atoms with Gasteiger partial charge in [0, 0.05) is 5.56 Å². The van der Waals surface area contributed by atoms with Gasteiger partial charge in [-0.25, -0.2) is 9.97 Å². The van der Waals surface area contributed by atoms with Crippen LogP contribution in [0.15, 0.2) is 58.8 Å². The van der Waals surface area contributed by atoms with Gasteiger partial charge in [-0.3, -0.25) is 0 Å². The van der Waals surface area contributed by atoms with Crippen LogP contribution in [-0.2, 0) is 0 Å². The summed E-state index contributed by atoms with van der Waals surface area (Å²) < 4.78 is 0. The van der Waals surface area contributed by atoms with Gasteiger partial charge in [0.1, 0.15) is 5.69 Å². The molecule has 6 nitrogen and oxygen atoms in total. The number of halogens is 2. The monoisotopic (exact) mass is 358 g/mol. The first kappa shape index (κ1) is 16.2. The van der Waals surface area contributed by atoms with E-state index in [0.717, 1.165) is 5.56 Å². The fourth-order valence-corrected chi connectivity index (χ4v) is 2.47. The normalized spacial score (nSPS) is 11.1. The van der Waals surface area contributed by atoms with Crippen molar-refractivity contribution in [3.63, 3.8) is 0 Å². The molecule has 3 aromatic rings. The van der Waals surface area contributed by atoms with Crippen LogP contribution in [0, 0.1) is 0 Å². The van der Waals surface area contributed by atoms with Crippen LogP contribution in [0.1, 0.15) is 0 Å². The van der Waals surface area contributed by atoms with Crippen LogP contribution in [0.3, 0.4) is 0 Å². The molecular weight excluding hydrogens is 347 g/mol. The number of nitrogens with zero attached hydrogens (tertiary/aromatic N) is 4. The fourth-order valence-electron chi connectivity index (χ4n) is 1.99. The Morgan fingerprint density at radius 2 is 1.25 bits per heavy atom. The van der Waals surface area contributed by atoms with Crippen molar-refractivity contribution in [3.8, 4) is 11.4 Å². The Kier molecular flexibility index (Phi) is 4.59. The molecule has 0 saturated carbocycles. The largest absolute Gasteiger partial charge is 0.382 e. The van der Waals surface area contributed by atoms with Crippen LogP contribution in [0.4, 0.5) is 23.0 Å². The molecule has 0 atom stereocenters. The third kappa shape index (κ3) is 3.29. The first-order valence-corrected chi connectivity index (χ1v) is 7.66. The lowest BCUT2D eigenvalue weighted by molar-refractivity contribution is 1.14. The van der Waals surface area contributed by atoms with E-state index in [2.05, 4.69) is 20.2 Å². The van der Waals surface area contributed by atoms with Crippen molar-refractivity contribution < 1.29 is 0 Å². The lowest BCUT2D eigenvalue weighted by atomic mass is 10.2.